The van der Waals surface area contributed by atoms with Crippen LogP contribution < -0.4 is 0 Å². The van der Waals surface area contributed by atoms with Crippen LogP contribution in [0.15, 0.2) is 11.6 Å². The summed E-state index contributed by atoms with van der Waals surface area (Å²) in [4.78, 5) is 12.4. The number of aliphatic carboxylic acids is 1. The lowest BCUT2D eigenvalue weighted by Crippen LogP contribution is -2.69. The van der Waals surface area contributed by atoms with E-state index in [-0.39, 0.29) is 47.0 Å². The Kier molecular flexibility index (Phi) is 8.05. The zero-order chi connectivity index (χ0) is 33.1. The molecular weight excluding hydrogens is 576 g/mol. The van der Waals surface area contributed by atoms with Gasteiger partial charge in [0.25, 0.3) is 0 Å². The lowest BCUT2D eigenvalue weighted by Gasteiger charge is -2.72. The SMILES string of the molecule is C[C@@H]1O[C@@H](OC[C@]2(C)[C@@H](O)C[C@H](O)[C@]3(C)[C@H]4CC=C5[C@@H]6C[C@](C)(C(=O)O)CC[C@]6(C)CC[C@@]5(C)[C@]4(C)CC[C@@H]23)[C@H](O)[C@H](O)[C@H]1O. The quantitative estimate of drug-likeness (QED) is 0.251. The second-order valence-corrected chi connectivity index (χ2v) is 17.7. The average molecular weight is 635 g/mol. The Hall–Kier alpha value is -1.07. The van der Waals surface area contributed by atoms with E-state index in [0.717, 1.165) is 44.9 Å². The highest BCUT2D eigenvalue weighted by molar-refractivity contribution is 5.74. The Morgan fingerprint density at radius 3 is 2.22 bits per heavy atom. The fraction of sp³-hybridized carbons (Fsp3) is 0.917. The van der Waals surface area contributed by atoms with Crippen molar-refractivity contribution in [1.29, 1.82) is 0 Å². The number of aliphatic hydroxyl groups excluding tert-OH is 5. The van der Waals surface area contributed by atoms with Crippen molar-refractivity contribution in [2.45, 2.75) is 149 Å². The van der Waals surface area contributed by atoms with Crippen molar-refractivity contribution in [2.24, 2.45) is 50.2 Å². The van der Waals surface area contributed by atoms with E-state index in [0.29, 0.717) is 6.42 Å². The van der Waals surface area contributed by atoms with Gasteiger partial charge in [-0.15, -0.1) is 0 Å². The standard InChI is InChI=1S/C36H58O9/c1-19-26(39)27(40)28(41)29(45-19)44-18-33(4)22-10-11-35(6)23(36(22,7)25(38)16-24(33)37)9-8-20-21-17-32(3,30(42)43)13-12-31(21,2)14-15-34(20,35)5/h8,19,21-29,37-41H,9-18H2,1-7H3,(H,42,43)/t19-,21-,22-,23-,24-,25-,26-,27+,28+,29+,31+,32+,33-,34+,35+,36-/m0/s1. The first kappa shape index (κ1) is 33.8. The van der Waals surface area contributed by atoms with E-state index in [1.54, 1.807) is 6.92 Å². The fourth-order valence-corrected chi connectivity index (χ4v) is 11.9. The average Bonchev–Trinajstić information content (AvgIpc) is 2.97. The lowest BCUT2D eigenvalue weighted by molar-refractivity contribution is -0.314. The summed E-state index contributed by atoms with van der Waals surface area (Å²) in [6, 6.07) is 0. The summed E-state index contributed by atoms with van der Waals surface area (Å²) in [7, 11) is 0. The molecule has 5 aliphatic carbocycles. The fourth-order valence-electron chi connectivity index (χ4n) is 11.9. The van der Waals surface area contributed by atoms with Gasteiger partial charge >= 0.3 is 5.97 Å². The molecule has 45 heavy (non-hydrogen) atoms. The zero-order valence-corrected chi connectivity index (χ0v) is 28.3. The van der Waals surface area contributed by atoms with Gasteiger partial charge in [0.2, 0.25) is 0 Å². The highest BCUT2D eigenvalue weighted by Gasteiger charge is 2.70. The molecule has 5 fully saturated rings. The minimum absolute atomic E-state index is 0.0760. The topological polar surface area (TPSA) is 157 Å². The molecular formula is C36H58O9. The van der Waals surface area contributed by atoms with Gasteiger partial charge in [0.05, 0.1) is 30.3 Å². The number of hydrogen-bond donors (Lipinski definition) is 6. The number of allylic oxidation sites excluding steroid dienone is 2. The van der Waals surface area contributed by atoms with Crippen molar-refractivity contribution in [2.75, 3.05) is 6.61 Å². The van der Waals surface area contributed by atoms with Crippen LogP contribution >= 0.6 is 0 Å². The Morgan fingerprint density at radius 1 is 0.889 bits per heavy atom. The summed E-state index contributed by atoms with van der Waals surface area (Å²) in [6.45, 7) is 15.1. The van der Waals surface area contributed by atoms with Crippen LogP contribution in [0.4, 0.5) is 0 Å². The van der Waals surface area contributed by atoms with Crippen molar-refractivity contribution < 1.29 is 44.9 Å². The highest BCUT2D eigenvalue weighted by atomic mass is 16.7. The molecule has 9 nitrogen and oxygen atoms in total. The van der Waals surface area contributed by atoms with E-state index in [9.17, 15) is 35.4 Å². The first-order valence-electron chi connectivity index (χ1n) is 17.4. The van der Waals surface area contributed by atoms with Gasteiger partial charge in [-0.25, -0.2) is 0 Å². The maximum Gasteiger partial charge on any atom is 0.309 e. The molecule has 1 saturated heterocycles. The first-order valence-corrected chi connectivity index (χ1v) is 17.4. The van der Waals surface area contributed by atoms with E-state index < -0.39 is 65.1 Å². The normalized spacial score (nSPS) is 57.9. The van der Waals surface area contributed by atoms with Crippen LogP contribution in [-0.2, 0) is 14.3 Å². The van der Waals surface area contributed by atoms with E-state index >= 15 is 0 Å². The minimum atomic E-state index is -1.42. The number of carboxylic acids is 1. The molecule has 4 saturated carbocycles. The summed E-state index contributed by atoms with van der Waals surface area (Å²) in [5.41, 5.74) is -0.686. The molecule has 6 rings (SSSR count). The zero-order valence-electron chi connectivity index (χ0n) is 28.3. The largest absolute Gasteiger partial charge is 0.481 e. The van der Waals surface area contributed by atoms with Crippen LogP contribution in [0, 0.1) is 50.2 Å². The second kappa shape index (κ2) is 10.7. The van der Waals surface area contributed by atoms with E-state index in [2.05, 4.69) is 33.8 Å². The maximum atomic E-state index is 12.4. The summed E-state index contributed by atoms with van der Waals surface area (Å²) >= 11 is 0. The number of carbonyl (C=O) groups is 1. The molecule has 0 spiro atoms. The molecule has 0 amide bonds. The molecule has 0 unspecified atom stereocenters. The highest BCUT2D eigenvalue weighted by Crippen LogP contribution is 2.75. The molecule has 6 N–H and O–H groups in total. The predicted octanol–water partition coefficient (Wildman–Crippen LogP) is 4.03. The maximum absolute atomic E-state index is 12.4. The van der Waals surface area contributed by atoms with E-state index in [1.165, 1.54) is 5.57 Å². The predicted molar refractivity (Wildman–Crippen MR) is 167 cm³/mol. The van der Waals surface area contributed by atoms with Gasteiger partial charge in [0.15, 0.2) is 6.29 Å². The third kappa shape index (κ3) is 4.54. The Bertz CT molecular complexity index is 1220. The summed E-state index contributed by atoms with van der Waals surface area (Å²) < 4.78 is 11.9. The molecule has 0 radical (unpaired) electrons. The lowest BCUT2D eigenvalue weighted by atomic mass is 9.33. The van der Waals surface area contributed by atoms with Crippen molar-refractivity contribution in [3.63, 3.8) is 0 Å². The van der Waals surface area contributed by atoms with Crippen LogP contribution in [0.3, 0.4) is 0 Å². The molecule has 6 aliphatic rings. The monoisotopic (exact) mass is 634 g/mol. The smallest absolute Gasteiger partial charge is 0.309 e. The summed E-state index contributed by atoms with van der Waals surface area (Å²) in [5.74, 6) is -0.397. The molecule has 16 atom stereocenters. The number of rotatable bonds is 4. The molecule has 9 heteroatoms. The van der Waals surface area contributed by atoms with Crippen molar-refractivity contribution in [3.8, 4) is 0 Å². The van der Waals surface area contributed by atoms with Gasteiger partial charge in [-0.2, -0.15) is 0 Å². The van der Waals surface area contributed by atoms with Crippen LogP contribution in [0.5, 0.6) is 0 Å². The second-order valence-electron chi connectivity index (χ2n) is 17.7. The van der Waals surface area contributed by atoms with Gasteiger partial charge in [-0.3, -0.25) is 4.79 Å². The van der Waals surface area contributed by atoms with Crippen LogP contribution in [0.2, 0.25) is 0 Å². The number of ether oxygens (including phenoxy) is 2. The van der Waals surface area contributed by atoms with Crippen molar-refractivity contribution in [1.82, 2.24) is 0 Å². The summed E-state index contributed by atoms with van der Waals surface area (Å²) in [5, 5.41) is 64.7. The Balaban J connectivity index is 1.32. The number of hydrogen-bond acceptors (Lipinski definition) is 8. The van der Waals surface area contributed by atoms with Crippen LogP contribution in [-0.4, -0.2) is 86.1 Å². The Morgan fingerprint density at radius 2 is 1.56 bits per heavy atom. The van der Waals surface area contributed by atoms with Crippen LogP contribution in [0.25, 0.3) is 0 Å². The van der Waals surface area contributed by atoms with Gasteiger partial charge in [0.1, 0.15) is 18.3 Å². The molecule has 0 aromatic rings. The van der Waals surface area contributed by atoms with Gasteiger partial charge in [-0.1, -0.05) is 46.3 Å². The van der Waals surface area contributed by atoms with E-state index in [4.69, 9.17) is 9.47 Å². The number of aliphatic hydroxyl groups is 5. The third-order valence-corrected chi connectivity index (χ3v) is 15.6. The molecule has 0 bridgehead atoms. The molecule has 256 valence electrons. The first-order chi connectivity index (χ1) is 20.8. The van der Waals surface area contributed by atoms with Crippen molar-refractivity contribution >= 4 is 5.97 Å². The Labute approximate surface area is 268 Å². The molecule has 1 aliphatic heterocycles. The number of carboxylic acid groups (broad SMARTS) is 1. The summed E-state index contributed by atoms with van der Waals surface area (Å²) in [6.07, 6.45) is 2.15. The van der Waals surface area contributed by atoms with Crippen molar-refractivity contribution in [3.05, 3.63) is 11.6 Å². The van der Waals surface area contributed by atoms with Gasteiger partial charge < -0.3 is 40.1 Å². The van der Waals surface area contributed by atoms with Gasteiger partial charge in [-0.05, 0) is 99.2 Å². The van der Waals surface area contributed by atoms with E-state index in [1.807, 2.05) is 13.8 Å². The third-order valence-electron chi connectivity index (χ3n) is 15.6. The molecule has 1 heterocycles. The molecule has 0 aromatic carbocycles. The molecule has 0 aromatic heterocycles. The number of fused-ring (bicyclic) bond motifs is 7. The van der Waals surface area contributed by atoms with Gasteiger partial charge in [0, 0.05) is 17.3 Å². The van der Waals surface area contributed by atoms with Crippen LogP contribution in [0.1, 0.15) is 106 Å². The minimum Gasteiger partial charge on any atom is -0.481 e.